The predicted molar refractivity (Wildman–Crippen MR) is 74.7 cm³/mol. The summed E-state index contributed by atoms with van der Waals surface area (Å²) >= 11 is 0. The van der Waals surface area contributed by atoms with Crippen molar-refractivity contribution < 1.29 is 0 Å². The van der Waals surface area contributed by atoms with Crippen LogP contribution in [0.3, 0.4) is 0 Å². The Bertz CT molecular complexity index is 303. The summed E-state index contributed by atoms with van der Waals surface area (Å²) in [5, 5.41) is 0. The Morgan fingerprint density at radius 3 is 2.12 bits per heavy atom. The monoisotopic (exact) mass is 234 g/mol. The first kappa shape index (κ1) is 14.2. The number of unbranched alkanes of at least 4 members (excludes halogenated alkanes) is 2. The molecule has 0 amide bonds. The molecule has 3 N–H and O–H groups in total. The quantitative estimate of drug-likeness (QED) is 0.426. The van der Waals surface area contributed by atoms with E-state index in [2.05, 4.69) is 50.5 Å². The molecule has 1 rings (SSSR count). The lowest BCUT2D eigenvalue weighted by Crippen LogP contribution is -2.27. The van der Waals surface area contributed by atoms with Gasteiger partial charge in [0.1, 0.15) is 0 Å². The summed E-state index contributed by atoms with van der Waals surface area (Å²) < 4.78 is 0. The summed E-state index contributed by atoms with van der Waals surface area (Å²) in [6, 6.07) is 9.12. The molecule has 0 spiro atoms. The van der Waals surface area contributed by atoms with E-state index in [4.69, 9.17) is 5.84 Å². The molecule has 1 unspecified atom stereocenters. The molecule has 0 aliphatic rings. The van der Waals surface area contributed by atoms with Crippen molar-refractivity contribution in [3.05, 3.63) is 35.4 Å². The molecule has 0 aliphatic heterocycles. The number of hydrogen-bond donors (Lipinski definition) is 2. The molecule has 0 fully saturated rings. The Morgan fingerprint density at radius 2 is 1.65 bits per heavy atom. The van der Waals surface area contributed by atoms with Crippen molar-refractivity contribution in [1.29, 1.82) is 0 Å². The van der Waals surface area contributed by atoms with Gasteiger partial charge in [-0.25, -0.2) is 0 Å². The Morgan fingerprint density at radius 1 is 1.06 bits per heavy atom. The zero-order chi connectivity index (χ0) is 12.7. The van der Waals surface area contributed by atoms with Crippen LogP contribution in [0.1, 0.15) is 69.5 Å². The van der Waals surface area contributed by atoms with E-state index in [-0.39, 0.29) is 0 Å². The molecule has 0 heterocycles. The number of nitrogens with one attached hydrogen (secondary N) is 1. The zero-order valence-corrected chi connectivity index (χ0v) is 11.4. The lowest BCUT2D eigenvalue weighted by molar-refractivity contribution is 0.487. The third-order valence-corrected chi connectivity index (χ3v) is 3.30. The van der Waals surface area contributed by atoms with E-state index in [0.717, 1.165) is 6.42 Å². The third kappa shape index (κ3) is 4.49. The number of rotatable bonds is 7. The van der Waals surface area contributed by atoms with Gasteiger partial charge in [-0.3, -0.25) is 11.3 Å². The van der Waals surface area contributed by atoms with E-state index in [9.17, 15) is 0 Å². The standard InChI is InChI=1S/C15H26N2/c1-4-5-6-7-15(17-16)14-10-8-13(9-11-14)12(2)3/h8-12,15,17H,4-7,16H2,1-3H3. The Hall–Kier alpha value is -0.860. The van der Waals surface area contributed by atoms with Crippen LogP contribution >= 0.6 is 0 Å². The van der Waals surface area contributed by atoms with Gasteiger partial charge in [-0.05, 0) is 23.5 Å². The lowest BCUT2D eigenvalue weighted by atomic mass is 9.97. The van der Waals surface area contributed by atoms with Gasteiger partial charge in [0.2, 0.25) is 0 Å². The van der Waals surface area contributed by atoms with E-state index in [1.165, 1.54) is 30.4 Å². The number of hydrazine groups is 1. The van der Waals surface area contributed by atoms with Crippen LogP contribution in [0.25, 0.3) is 0 Å². The van der Waals surface area contributed by atoms with E-state index in [1.54, 1.807) is 0 Å². The van der Waals surface area contributed by atoms with Crippen molar-refractivity contribution >= 4 is 0 Å². The number of nitrogens with two attached hydrogens (primary N) is 1. The average molecular weight is 234 g/mol. The van der Waals surface area contributed by atoms with E-state index >= 15 is 0 Å². The van der Waals surface area contributed by atoms with Crippen LogP contribution in [0, 0.1) is 0 Å². The SMILES string of the molecule is CCCCCC(NN)c1ccc(C(C)C)cc1. The van der Waals surface area contributed by atoms with Crippen LogP contribution < -0.4 is 11.3 Å². The van der Waals surface area contributed by atoms with Gasteiger partial charge in [0, 0.05) is 6.04 Å². The summed E-state index contributed by atoms with van der Waals surface area (Å²) in [5.74, 6) is 6.23. The van der Waals surface area contributed by atoms with Crippen LogP contribution in [0.15, 0.2) is 24.3 Å². The third-order valence-electron chi connectivity index (χ3n) is 3.30. The molecule has 2 heteroatoms. The fourth-order valence-corrected chi connectivity index (χ4v) is 2.06. The van der Waals surface area contributed by atoms with Crippen molar-refractivity contribution in [2.24, 2.45) is 5.84 Å². The molecular formula is C15H26N2. The number of benzene rings is 1. The minimum absolute atomic E-state index is 0.294. The Kier molecular flexibility index (Phi) is 6.23. The summed E-state index contributed by atoms with van der Waals surface area (Å²) in [6.07, 6.45) is 4.88. The molecule has 1 aromatic rings. The van der Waals surface area contributed by atoms with Crippen molar-refractivity contribution in [1.82, 2.24) is 5.43 Å². The predicted octanol–water partition coefficient (Wildman–Crippen LogP) is 3.89. The Labute approximate surface area is 106 Å². The van der Waals surface area contributed by atoms with Crippen molar-refractivity contribution in [2.75, 3.05) is 0 Å². The maximum atomic E-state index is 5.63. The number of hydrogen-bond acceptors (Lipinski definition) is 2. The van der Waals surface area contributed by atoms with E-state index in [1.807, 2.05) is 0 Å². The second-order valence-corrected chi connectivity index (χ2v) is 5.04. The molecule has 0 radical (unpaired) electrons. The highest BCUT2D eigenvalue weighted by Crippen LogP contribution is 2.22. The minimum Gasteiger partial charge on any atom is -0.271 e. The first-order chi connectivity index (χ1) is 8.19. The van der Waals surface area contributed by atoms with E-state index < -0.39 is 0 Å². The molecule has 1 atom stereocenters. The van der Waals surface area contributed by atoms with Gasteiger partial charge in [-0.1, -0.05) is 64.3 Å². The summed E-state index contributed by atoms with van der Waals surface area (Å²) in [4.78, 5) is 0. The van der Waals surface area contributed by atoms with Gasteiger partial charge < -0.3 is 0 Å². The van der Waals surface area contributed by atoms with Gasteiger partial charge in [0.15, 0.2) is 0 Å². The van der Waals surface area contributed by atoms with Gasteiger partial charge in [-0.15, -0.1) is 0 Å². The summed E-state index contributed by atoms with van der Waals surface area (Å²) in [7, 11) is 0. The largest absolute Gasteiger partial charge is 0.271 e. The molecule has 0 aliphatic carbocycles. The summed E-state index contributed by atoms with van der Waals surface area (Å²) in [6.45, 7) is 6.66. The van der Waals surface area contributed by atoms with Crippen molar-refractivity contribution in [2.45, 2.75) is 58.4 Å². The maximum absolute atomic E-state index is 5.63. The van der Waals surface area contributed by atoms with Gasteiger partial charge in [0.05, 0.1) is 0 Å². The zero-order valence-electron chi connectivity index (χ0n) is 11.4. The molecule has 1 aromatic carbocycles. The smallest absolute Gasteiger partial charge is 0.0460 e. The van der Waals surface area contributed by atoms with Crippen LogP contribution in [0.2, 0.25) is 0 Å². The van der Waals surface area contributed by atoms with Crippen LogP contribution in [0.5, 0.6) is 0 Å². The molecule has 0 aromatic heterocycles. The molecule has 17 heavy (non-hydrogen) atoms. The second-order valence-electron chi connectivity index (χ2n) is 5.04. The molecule has 0 saturated heterocycles. The normalized spacial score (nSPS) is 13.0. The maximum Gasteiger partial charge on any atom is 0.0460 e. The molecule has 2 nitrogen and oxygen atoms in total. The molecule has 96 valence electrons. The fraction of sp³-hybridized carbons (Fsp3) is 0.600. The summed E-state index contributed by atoms with van der Waals surface area (Å²) in [5.41, 5.74) is 5.61. The van der Waals surface area contributed by atoms with Crippen molar-refractivity contribution in [3.63, 3.8) is 0 Å². The molecule has 0 saturated carbocycles. The van der Waals surface area contributed by atoms with Gasteiger partial charge >= 0.3 is 0 Å². The lowest BCUT2D eigenvalue weighted by Gasteiger charge is -2.17. The van der Waals surface area contributed by atoms with Crippen LogP contribution in [-0.2, 0) is 0 Å². The highest BCUT2D eigenvalue weighted by atomic mass is 15.2. The van der Waals surface area contributed by atoms with Crippen molar-refractivity contribution in [3.8, 4) is 0 Å². The minimum atomic E-state index is 0.294. The first-order valence-corrected chi connectivity index (χ1v) is 6.75. The highest BCUT2D eigenvalue weighted by molar-refractivity contribution is 5.26. The molecular weight excluding hydrogens is 208 g/mol. The van der Waals surface area contributed by atoms with E-state index in [0.29, 0.717) is 12.0 Å². The highest BCUT2D eigenvalue weighted by Gasteiger charge is 2.09. The average Bonchev–Trinajstić information content (AvgIpc) is 2.35. The van der Waals surface area contributed by atoms with Crippen LogP contribution in [0.4, 0.5) is 0 Å². The Balaban J connectivity index is 2.62. The first-order valence-electron chi connectivity index (χ1n) is 6.75. The fourth-order valence-electron chi connectivity index (χ4n) is 2.06. The molecule has 0 bridgehead atoms. The van der Waals surface area contributed by atoms with Crippen LogP contribution in [-0.4, -0.2) is 0 Å². The second kappa shape index (κ2) is 7.46. The van der Waals surface area contributed by atoms with Gasteiger partial charge in [0.25, 0.3) is 0 Å². The topological polar surface area (TPSA) is 38.0 Å². The van der Waals surface area contributed by atoms with Gasteiger partial charge in [-0.2, -0.15) is 0 Å².